The summed E-state index contributed by atoms with van der Waals surface area (Å²) in [5, 5.41) is 5.30. The number of nitrogens with zero attached hydrogens (tertiary/aromatic N) is 3. The molecule has 0 radical (unpaired) electrons. The van der Waals surface area contributed by atoms with Gasteiger partial charge in [0.25, 0.3) is 0 Å². The molecule has 26 heavy (non-hydrogen) atoms. The smallest absolute Gasteiger partial charge is 0.338 e. The fraction of sp³-hybridized carbons (Fsp3) is 0.150. The number of carbonyl (C=O) groups is 1. The van der Waals surface area contributed by atoms with Crippen molar-refractivity contribution in [1.29, 1.82) is 0 Å². The number of carbonyl (C=O) groups excluding carboxylic acids is 1. The van der Waals surface area contributed by atoms with Crippen LogP contribution >= 0.6 is 0 Å². The lowest BCUT2D eigenvalue weighted by atomic mass is 10.1. The Kier molecular flexibility index (Phi) is 4.01. The first-order valence-electron chi connectivity index (χ1n) is 8.21. The molecule has 1 aromatic carbocycles. The van der Waals surface area contributed by atoms with Crippen LogP contribution < -0.4 is 0 Å². The van der Waals surface area contributed by atoms with Crippen molar-refractivity contribution in [2.75, 3.05) is 7.11 Å². The topological polar surface area (TPSA) is 70.2 Å². The van der Waals surface area contributed by atoms with Crippen LogP contribution in [0.5, 0.6) is 0 Å². The second-order valence-electron chi connectivity index (χ2n) is 5.95. The highest BCUT2D eigenvalue weighted by Crippen LogP contribution is 2.28. The molecule has 0 atom stereocenters. The number of ether oxygens (including phenoxy) is 1. The van der Waals surface area contributed by atoms with Crippen molar-refractivity contribution in [2.24, 2.45) is 0 Å². The van der Waals surface area contributed by atoms with E-state index in [1.165, 1.54) is 7.11 Å². The van der Waals surface area contributed by atoms with Crippen LogP contribution in [0.25, 0.3) is 22.5 Å². The molecule has 0 unspecified atom stereocenters. The van der Waals surface area contributed by atoms with E-state index in [9.17, 15) is 4.79 Å². The number of hydrogen-bond donors (Lipinski definition) is 0. The molecular formula is C20H17N3O3. The maximum atomic E-state index is 12.4. The van der Waals surface area contributed by atoms with Crippen molar-refractivity contribution in [3.63, 3.8) is 0 Å². The van der Waals surface area contributed by atoms with E-state index >= 15 is 0 Å². The average Bonchev–Trinajstić information content (AvgIpc) is 3.30. The lowest BCUT2D eigenvalue weighted by Gasteiger charge is -2.07. The van der Waals surface area contributed by atoms with Crippen LogP contribution in [0.1, 0.15) is 21.6 Å². The molecular weight excluding hydrogens is 330 g/mol. The second-order valence-corrected chi connectivity index (χ2v) is 5.95. The molecule has 0 aliphatic rings. The molecule has 3 aromatic heterocycles. The summed E-state index contributed by atoms with van der Waals surface area (Å²) in [6.07, 6.45) is 1.57. The normalized spacial score (nSPS) is 11.0. The standard InChI is InChI=1S/C20H17N3O3/c1-13-18-15(20(24)25-2)11-16(17-9-6-10-26-17)21-19(18)23(22-13)12-14-7-4-3-5-8-14/h3-11H,12H2,1-2H3. The third-order valence-electron chi connectivity index (χ3n) is 4.23. The molecule has 0 aliphatic carbocycles. The van der Waals surface area contributed by atoms with Crippen LogP contribution in [0.2, 0.25) is 0 Å². The SMILES string of the molecule is COC(=O)c1cc(-c2ccco2)nc2c1c(C)nn2Cc1ccccc1. The average molecular weight is 347 g/mol. The number of hydrogen-bond acceptors (Lipinski definition) is 5. The van der Waals surface area contributed by atoms with E-state index in [-0.39, 0.29) is 0 Å². The Morgan fingerprint density at radius 3 is 2.69 bits per heavy atom. The van der Waals surface area contributed by atoms with Crippen molar-refractivity contribution < 1.29 is 13.9 Å². The highest BCUT2D eigenvalue weighted by atomic mass is 16.5. The Balaban J connectivity index is 1.94. The van der Waals surface area contributed by atoms with E-state index in [1.807, 2.05) is 37.3 Å². The van der Waals surface area contributed by atoms with Gasteiger partial charge in [-0.05, 0) is 30.7 Å². The van der Waals surface area contributed by atoms with Crippen molar-refractivity contribution >= 4 is 17.0 Å². The monoisotopic (exact) mass is 347 g/mol. The quantitative estimate of drug-likeness (QED) is 0.525. The molecule has 6 heteroatoms. The van der Waals surface area contributed by atoms with Crippen molar-refractivity contribution in [2.45, 2.75) is 13.5 Å². The molecule has 4 aromatic rings. The number of benzene rings is 1. The summed E-state index contributed by atoms with van der Waals surface area (Å²) in [5.74, 6) is 0.162. The molecule has 0 fully saturated rings. The Hall–Kier alpha value is -3.41. The molecule has 0 aliphatic heterocycles. The summed E-state index contributed by atoms with van der Waals surface area (Å²) in [7, 11) is 1.37. The van der Waals surface area contributed by atoms with Gasteiger partial charge in [0.1, 0.15) is 5.69 Å². The molecule has 130 valence electrons. The Bertz CT molecular complexity index is 1070. The molecule has 0 saturated carbocycles. The molecule has 0 spiro atoms. The predicted octanol–water partition coefficient (Wildman–Crippen LogP) is 3.83. The number of esters is 1. The first-order chi connectivity index (χ1) is 12.7. The summed E-state index contributed by atoms with van der Waals surface area (Å²) in [5.41, 5.74) is 3.45. The van der Waals surface area contributed by atoms with Crippen LogP contribution in [-0.4, -0.2) is 27.8 Å². The minimum atomic E-state index is -0.424. The van der Waals surface area contributed by atoms with Gasteiger partial charge in [-0.3, -0.25) is 0 Å². The summed E-state index contributed by atoms with van der Waals surface area (Å²) in [4.78, 5) is 17.1. The van der Waals surface area contributed by atoms with E-state index in [0.29, 0.717) is 34.6 Å². The molecule has 6 nitrogen and oxygen atoms in total. The summed E-state index contributed by atoms with van der Waals surface area (Å²) in [6.45, 7) is 2.42. The molecule has 0 amide bonds. The van der Waals surface area contributed by atoms with Crippen LogP contribution in [-0.2, 0) is 11.3 Å². The van der Waals surface area contributed by atoms with Gasteiger partial charge in [-0.15, -0.1) is 0 Å². The Morgan fingerprint density at radius 2 is 2.00 bits per heavy atom. The van der Waals surface area contributed by atoms with Crippen LogP contribution in [0, 0.1) is 6.92 Å². The molecule has 4 rings (SSSR count). The van der Waals surface area contributed by atoms with Gasteiger partial charge < -0.3 is 9.15 Å². The maximum Gasteiger partial charge on any atom is 0.338 e. The lowest BCUT2D eigenvalue weighted by molar-refractivity contribution is 0.0603. The number of furan rings is 1. The van der Waals surface area contributed by atoms with E-state index in [0.717, 1.165) is 11.3 Å². The highest BCUT2D eigenvalue weighted by Gasteiger charge is 2.21. The van der Waals surface area contributed by atoms with E-state index in [4.69, 9.17) is 14.1 Å². The van der Waals surface area contributed by atoms with Crippen LogP contribution in [0.15, 0.2) is 59.2 Å². The zero-order valence-electron chi connectivity index (χ0n) is 14.5. The van der Waals surface area contributed by atoms with Crippen molar-refractivity contribution in [1.82, 2.24) is 14.8 Å². The summed E-state index contributed by atoms with van der Waals surface area (Å²) >= 11 is 0. The third-order valence-corrected chi connectivity index (χ3v) is 4.23. The van der Waals surface area contributed by atoms with Gasteiger partial charge in [0.2, 0.25) is 0 Å². The number of aryl methyl sites for hydroxylation is 1. The summed E-state index contributed by atoms with van der Waals surface area (Å²) < 4.78 is 12.2. The predicted molar refractivity (Wildman–Crippen MR) is 96.9 cm³/mol. The first-order valence-corrected chi connectivity index (χ1v) is 8.21. The third kappa shape index (κ3) is 2.75. The minimum Gasteiger partial charge on any atom is -0.465 e. The van der Waals surface area contributed by atoms with Gasteiger partial charge in [-0.25, -0.2) is 14.5 Å². The zero-order valence-corrected chi connectivity index (χ0v) is 14.5. The van der Waals surface area contributed by atoms with Crippen LogP contribution in [0.3, 0.4) is 0 Å². The Labute approximate surface area is 150 Å². The van der Waals surface area contributed by atoms with Crippen molar-refractivity contribution in [3.05, 3.63) is 71.6 Å². The Morgan fingerprint density at radius 1 is 1.19 bits per heavy atom. The zero-order chi connectivity index (χ0) is 18.1. The number of methoxy groups -OCH3 is 1. The van der Waals surface area contributed by atoms with E-state index in [1.54, 1.807) is 29.1 Å². The maximum absolute atomic E-state index is 12.4. The number of fused-ring (bicyclic) bond motifs is 1. The van der Waals surface area contributed by atoms with Gasteiger partial charge >= 0.3 is 5.97 Å². The molecule has 3 heterocycles. The largest absolute Gasteiger partial charge is 0.465 e. The highest BCUT2D eigenvalue weighted by molar-refractivity contribution is 6.04. The fourth-order valence-corrected chi connectivity index (χ4v) is 3.04. The van der Waals surface area contributed by atoms with E-state index < -0.39 is 5.97 Å². The number of pyridine rings is 1. The molecule has 0 saturated heterocycles. The molecule has 0 bridgehead atoms. The van der Waals surface area contributed by atoms with Gasteiger partial charge in [0, 0.05) is 0 Å². The minimum absolute atomic E-state index is 0.424. The van der Waals surface area contributed by atoms with Gasteiger partial charge in [-0.2, -0.15) is 5.10 Å². The second kappa shape index (κ2) is 6.48. The summed E-state index contributed by atoms with van der Waals surface area (Å²) in [6, 6.07) is 15.3. The van der Waals surface area contributed by atoms with Gasteiger partial charge in [0.15, 0.2) is 11.4 Å². The van der Waals surface area contributed by atoms with E-state index in [2.05, 4.69) is 5.10 Å². The first kappa shape index (κ1) is 16.1. The fourth-order valence-electron chi connectivity index (χ4n) is 3.04. The molecule has 0 N–H and O–H groups in total. The lowest BCUT2D eigenvalue weighted by Crippen LogP contribution is -2.06. The van der Waals surface area contributed by atoms with Gasteiger partial charge in [0.05, 0.1) is 36.6 Å². The number of rotatable bonds is 4. The van der Waals surface area contributed by atoms with Crippen molar-refractivity contribution in [3.8, 4) is 11.5 Å². The number of aromatic nitrogens is 3. The van der Waals surface area contributed by atoms with Crippen LogP contribution in [0.4, 0.5) is 0 Å². The van der Waals surface area contributed by atoms with Gasteiger partial charge in [-0.1, -0.05) is 30.3 Å².